The maximum absolute atomic E-state index is 11.1. The normalized spacial score (nSPS) is 24.4. The van der Waals surface area contributed by atoms with E-state index in [9.17, 15) is 4.79 Å². The molecule has 0 amide bonds. The zero-order chi connectivity index (χ0) is 13.2. The third-order valence-electron chi connectivity index (χ3n) is 4.64. The van der Waals surface area contributed by atoms with Crippen molar-refractivity contribution in [3.63, 3.8) is 0 Å². The summed E-state index contributed by atoms with van der Waals surface area (Å²) in [6, 6.07) is 10.4. The van der Waals surface area contributed by atoms with Crippen LogP contribution in [0.5, 0.6) is 0 Å². The first-order chi connectivity index (χ1) is 9.29. The first-order valence-corrected chi connectivity index (χ1v) is 7.06. The Morgan fingerprint density at radius 1 is 1.00 bits per heavy atom. The Morgan fingerprint density at radius 3 is 2.21 bits per heavy atom. The number of rotatable bonds is 3. The second kappa shape index (κ2) is 5.06. The van der Waals surface area contributed by atoms with Gasteiger partial charge in [-0.25, -0.2) is 0 Å². The molecule has 3 rings (SSSR count). The summed E-state index contributed by atoms with van der Waals surface area (Å²) in [5, 5.41) is 0. The fourth-order valence-corrected chi connectivity index (χ4v) is 3.46. The second-order valence-electron chi connectivity index (χ2n) is 5.62. The number of hydrogen-bond donors (Lipinski definition) is 0. The van der Waals surface area contributed by atoms with E-state index in [0.29, 0.717) is 19.6 Å². The van der Waals surface area contributed by atoms with Crippen molar-refractivity contribution in [3.8, 4) is 0 Å². The van der Waals surface area contributed by atoms with E-state index >= 15 is 0 Å². The molecule has 0 unspecified atom stereocenters. The lowest BCUT2D eigenvalue weighted by molar-refractivity contribution is -0.185. The molecule has 3 heteroatoms. The van der Waals surface area contributed by atoms with E-state index in [2.05, 4.69) is 24.3 Å². The molecule has 1 heterocycles. The Bertz CT molecular complexity index is 425. The number of aldehydes is 1. The number of carbonyl (C=O) groups excluding carboxylic acids is 1. The number of hydrogen-bond acceptors (Lipinski definition) is 3. The van der Waals surface area contributed by atoms with Gasteiger partial charge < -0.3 is 14.3 Å². The quantitative estimate of drug-likeness (QED) is 0.784. The first-order valence-electron chi connectivity index (χ1n) is 7.06. The molecule has 102 valence electrons. The van der Waals surface area contributed by atoms with Crippen molar-refractivity contribution in [2.24, 2.45) is 0 Å². The molecule has 0 radical (unpaired) electrons. The van der Waals surface area contributed by atoms with Gasteiger partial charge in [-0.2, -0.15) is 0 Å². The van der Waals surface area contributed by atoms with Crippen molar-refractivity contribution in [1.29, 1.82) is 0 Å². The highest BCUT2D eigenvalue weighted by molar-refractivity contribution is 5.54. The van der Waals surface area contributed by atoms with Crippen LogP contribution in [0.15, 0.2) is 30.3 Å². The molecule has 1 aliphatic heterocycles. The van der Waals surface area contributed by atoms with Gasteiger partial charge in [0.15, 0.2) is 5.79 Å². The molecule has 1 saturated heterocycles. The van der Waals surface area contributed by atoms with Crippen LogP contribution in [0.4, 0.5) is 0 Å². The monoisotopic (exact) mass is 260 g/mol. The number of benzene rings is 1. The van der Waals surface area contributed by atoms with Crippen molar-refractivity contribution in [2.45, 2.75) is 43.3 Å². The maximum Gasteiger partial charge on any atom is 0.168 e. The summed E-state index contributed by atoms with van der Waals surface area (Å²) >= 11 is 0. The van der Waals surface area contributed by atoms with Crippen molar-refractivity contribution >= 4 is 6.29 Å². The molecule has 2 fully saturated rings. The van der Waals surface area contributed by atoms with Gasteiger partial charge in [0, 0.05) is 24.7 Å². The summed E-state index contributed by atoms with van der Waals surface area (Å²) in [5.41, 5.74) is 1.25. The minimum atomic E-state index is -0.360. The van der Waals surface area contributed by atoms with Crippen LogP contribution in [0.25, 0.3) is 0 Å². The Hall–Kier alpha value is -1.19. The zero-order valence-corrected chi connectivity index (χ0v) is 11.1. The largest absolute Gasteiger partial charge is 0.348 e. The van der Waals surface area contributed by atoms with Gasteiger partial charge in [-0.15, -0.1) is 0 Å². The topological polar surface area (TPSA) is 35.5 Å². The highest BCUT2D eigenvalue weighted by Crippen LogP contribution is 2.47. The van der Waals surface area contributed by atoms with Gasteiger partial charge in [0.25, 0.3) is 0 Å². The van der Waals surface area contributed by atoms with Crippen molar-refractivity contribution in [2.75, 3.05) is 13.2 Å². The highest BCUT2D eigenvalue weighted by atomic mass is 16.7. The van der Waals surface area contributed by atoms with E-state index in [1.807, 2.05) is 6.07 Å². The summed E-state index contributed by atoms with van der Waals surface area (Å²) in [6.45, 7) is 1.40. The van der Waals surface area contributed by atoms with E-state index in [1.54, 1.807) is 0 Å². The van der Waals surface area contributed by atoms with Gasteiger partial charge in [0.2, 0.25) is 0 Å². The Kier molecular flexibility index (Phi) is 3.42. The van der Waals surface area contributed by atoms with Gasteiger partial charge in [0.05, 0.1) is 13.2 Å². The molecule has 1 saturated carbocycles. The van der Waals surface area contributed by atoms with Crippen LogP contribution in [0.2, 0.25) is 0 Å². The van der Waals surface area contributed by atoms with E-state index < -0.39 is 0 Å². The van der Waals surface area contributed by atoms with Crippen LogP contribution in [-0.4, -0.2) is 25.3 Å². The van der Waals surface area contributed by atoms with Crippen LogP contribution in [0.3, 0.4) is 0 Å². The van der Waals surface area contributed by atoms with Crippen LogP contribution < -0.4 is 0 Å². The molecule has 1 aromatic rings. The van der Waals surface area contributed by atoms with Crippen LogP contribution >= 0.6 is 0 Å². The maximum atomic E-state index is 11.1. The first kappa shape index (κ1) is 12.8. The number of carbonyl (C=O) groups is 1. The number of ether oxygens (including phenoxy) is 2. The third-order valence-corrected chi connectivity index (χ3v) is 4.64. The summed E-state index contributed by atoms with van der Waals surface area (Å²) in [5.74, 6) is -0.360. The molecule has 1 spiro atoms. The van der Waals surface area contributed by atoms with Gasteiger partial charge >= 0.3 is 0 Å². The second-order valence-corrected chi connectivity index (χ2v) is 5.62. The van der Waals surface area contributed by atoms with E-state index in [0.717, 1.165) is 32.0 Å². The molecule has 19 heavy (non-hydrogen) atoms. The van der Waals surface area contributed by atoms with E-state index in [1.165, 1.54) is 5.56 Å². The molecule has 0 N–H and O–H groups in total. The average Bonchev–Trinajstić information content (AvgIpc) is 2.92. The van der Waals surface area contributed by atoms with Crippen molar-refractivity contribution in [3.05, 3.63) is 35.9 Å². The summed E-state index contributed by atoms with van der Waals surface area (Å²) < 4.78 is 11.6. The van der Waals surface area contributed by atoms with Gasteiger partial charge in [0.1, 0.15) is 6.29 Å². The molecule has 2 aliphatic rings. The predicted molar refractivity (Wildman–Crippen MR) is 71.9 cm³/mol. The van der Waals surface area contributed by atoms with Gasteiger partial charge in [-0.3, -0.25) is 0 Å². The molecule has 0 aromatic heterocycles. The minimum absolute atomic E-state index is 0.0242. The van der Waals surface area contributed by atoms with Crippen LogP contribution in [0.1, 0.15) is 37.7 Å². The summed E-state index contributed by atoms with van der Waals surface area (Å²) in [6.07, 6.45) is 5.32. The lowest BCUT2D eigenvalue weighted by Crippen LogP contribution is -2.42. The average molecular weight is 260 g/mol. The lowest BCUT2D eigenvalue weighted by atomic mass is 9.66. The Labute approximate surface area is 113 Å². The minimum Gasteiger partial charge on any atom is -0.348 e. The van der Waals surface area contributed by atoms with Gasteiger partial charge in [-0.05, 0) is 18.4 Å². The molecule has 3 nitrogen and oxygen atoms in total. The van der Waals surface area contributed by atoms with Crippen LogP contribution in [-0.2, 0) is 19.7 Å². The molecule has 1 aromatic carbocycles. The molecule has 0 atom stereocenters. The van der Waals surface area contributed by atoms with Crippen LogP contribution in [0, 0.1) is 0 Å². The fourth-order valence-electron chi connectivity index (χ4n) is 3.46. The molecule has 0 bridgehead atoms. The van der Waals surface area contributed by atoms with Crippen molar-refractivity contribution in [1.82, 2.24) is 0 Å². The van der Waals surface area contributed by atoms with E-state index in [-0.39, 0.29) is 11.2 Å². The molecular weight excluding hydrogens is 240 g/mol. The smallest absolute Gasteiger partial charge is 0.168 e. The third kappa shape index (κ3) is 2.33. The fraction of sp³-hybridized carbons (Fsp3) is 0.562. The summed E-state index contributed by atoms with van der Waals surface area (Å²) in [7, 11) is 0. The van der Waals surface area contributed by atoms with Gasteiger partial charge in [-0.1, -0.05) is 30.3 Å². The summed E-state index contributed by atoms with van der Waals surface area (Å²) in [4.78, 5) is 11.1. The lowest BCUT2D eigenvalue weighted by Gasteiger charge is -2.43. The van der Waals surface area contributed by atoms with Crippen molar-refractivity contribution < 1.29 is 14.3 Å². The molecule has 1 aliphatic carbocycles. The zero-order valence-electron chi connectivity index (χ0n) is 11.1. The highest BCUT2D eigenvalue weighted by Gasteiger charge is 2.46. The SMILES string of the molecule is O=CCC1(c2ccccc2)CCC2(CC1)OCCO2. The Morgan fingerprint density at radius 2 is 1.63 bits per heavy atom. The van der Waals surface area contributed by atoms with E-state index in [4.69, 9.17) is 9.47 Å². The predicted octanol–water partition coefficient (Wildman–Crippen LogP) is 2.83. The Balaban J connectivity index is 1.82. The molecular formula is C16H20O3. The standard InChI is InChI=1S/C16H20O3/c17-11-10-15(14-4-2-1-3-5-14)6-8-16(9-7-15)18-12-13-19-16/h1-5,11H,6-10,12-13H2.